The van der Waals surface area contributed by atoms with Crippen molar-refractivity contribution in [3.05, 3.63) is 78.1 Å². The molecule has 0 spiro atoms. The molecule has 1 unspecified atom stereocenters. The number of aromatic nitrogens is 2. The molecular formula is C26H29N5O2. The van der Waals surface area contributed by atoms with Crippen LogP contribution in [0, 0.1) is 5.41 Å². The van der Waals surface area contributed by atoms with Crippen LogP contribution in [0.1, 0.15) is 22.3 Å². The Labute approximate surface area is 194 Å². The van der Waals surface area contributed by atoms with E-state index in [-0.39, 0.29) is 11.8 Å². The summed E-state index contributed by atoms with van der Waals surface area (Å²) in [4.78, 5) is 38.2. The van der Waals surface area contributed by atoms with Crippen LogP contribution in [0.4, 0.5) is 5.95 Å². The number of nitrogens with zero attached hydrogens (tertiary/aromatic N) is 4. The van der Waals surface area contributed by atoms with Crippen LogP contribution in [0.2, 0.25) is 0 Å². The Morgan fingerprint density at radius 3 is 2.39 bits per heavy atom. The SMILES string of the molecule is CNC(=O)C1(Cc2cccc(-c3ccccc3)c2)CCN(C(=O)c2cnc(N(C)C)nc2)C1. The lowest BCUT2D eigenvalue weighted by atomic mass is 9.79. The van der Waals surface area contributed by atoms with E-state index in [1.165, 1.54) is 0 Å². The summed E-state index contributed by atoms with van der Waals surface area (Å²) in [5.41, 5.74) is 3.08. The van der Waals surface area contributed by atoms with E-state index in [1.54, 1.807) is 29.2 Å². The van der Waals surface area contributed by atoms with Crippen molar-refractivity contribution in [2.24, 2.45) is 5.41 Å². The molecule has 0 bridgehead atoms. The Morgan fingerprint density at radius 1 is 1.03 bits per heavy atom. The van der Waals surface area contributed by atoms with Gasteiger partial charge in [-0.3, -0.25) is 9.59 Å². The van der Waals surface area contributed by atoms with Gasteiger partial charge in [-0.25, -0.2) is 9.97 Å². The zero-order valence-electron chi connectivity index (χ0n) is 19.3. The Balaban J connectivity index is 1.55. The summed E-state index contributed by atoms with van der Waals surface area (Å²) in [6.07, 6.45) is 4.26. The number of benzene rings is 2. The van der Waals surface area contributed by atoms with Gasteiger partial charge in [-0.2, -0.15) is 0 Å². The quantitative estimate of drug-likeness (QED) is 0.634. The second kappa shape index (κ2) is 9.40. The molecule has 7 nitrogen and oxygen atoms in total. The van der Waals surface area contributed by atoms with Crippen LogP contribution < -0.4 is 10.2 Å². The third-order valence-corrected chi connectivity index (χ3v) is 6.21. The Bertz CT molecular complexity index is 1130. The molecule has 170 valence electrons. The fraction of sp³-hybridized carbons (Fsp3) is 0.308. The van der Waals surface area contributed by atoms with Crippen LogP contribution in [-0.4, -0.2) is 60.9 Å². The molecule has 1 N–H and O–H groups in total. The van der Waals surface area contributed by atoms with Gasteiger partial charge in [-0.15, -0.1) is 0 Å². The minimum Gasteiger partial charge on any atom is -0.359 e. The van der Waals surface area contributed by atoms with Crippen molar-refractivity contribution < 1.29 is 9.59 Å². The van der Waals surface area contributed by atoms with Gasteiger partial charge in [0.25, 0.3) is 5.91 Å². The summed E-state index contributed by atoms with van der Waals surface area (Å²) in [5, 5.41) is 2.83. The summed E-state index contributed by atoms with van der Waals surface area (Å²) >= 11 is 0. The molecule has 1 aliphatic heterocycles. The lowest BCUT2D eigenvalue weighted by Gasteiger charge is -2.28. The van der Waals surface area contributed by atoms with E-state index >= 15 is 0 Å². The molecule has 2 aromatic carbocycles. The van der Waals surface area contributed by atoms with Gasteiger partial charge in [0.05, 0.1) is 11.0 Å². The number of carbonyl (C=O) groups is 2. The summed E-state index contributed by atoms with van der Waals surface area (Å²) in [7, 11) is 5.35. The Kier molecular flexibility index (Phi) is 6.40. The van der Waals surface area contributed by atoms with Crippen LogP contribution in [0.5, 0.6) is 0 Å². The predicted octanol–water partition coefficient (Wildman–Crippen LogP) is 3.03. The first-order valence-electron chi connectivity index (χ1n) is 11.1. The first-order chi connectivity index (χ1) is 15.9. The molecule has 4 rings (SSSR count). The number of hydrogen-bond acceptors (Lipinski definition) is 5. The van der Waals surface area contributed by atoms with Crippen molar-refractivity contribution in [1.29, 1.82) is 0 Å². The van der Waals surface area contributed by atoms with E-state index in [9.17, 15) is 9.59 Å². The number of carbonyl (C=O) groups excluding carboxylic acids is 2. The maximum Gasteiger partial charge on any atom is 0.257 e. The van der Waals surface area contributed by atoms with Crippen LogP contribution in [0.15, 0.2) is 67.0 Å². The topological polar surface area (TPSA) is 78.4 Å². The second-order valence-electron chi connectivity index (χ2n) is 8.75. The fourth-order valence-electron chi connectivity index (χ4n) is 4.45. The van der Waals surface area contributed by atoms with Crippen LogP contribution in [-0.2, 0) is 11.2 Å². The summed E-state index contributed by atoms with van der Waals surface area (Å²) < 4.78 is 0. The van der Waals surface area contributed by atoms with E-state index in [4.69, 9.17) is 0 Å². The average molecular weight is 444 g/mol. The highest BCUT2D eigenvalue weighted by atomic mass is 16.2. The molecule has 2 amide bonds. The van der Waals surface area contributed by atoms with Crippen molar-refractivity contribution >= 4 is 17.8 Å². The minimum atomic E-state index is -0.676. The number of rotatable bonds is 6. The number of anilines is 1. The monoisotopic (exact) mass is 443 g/mol. The largest absolute Gasteiger partial charge is 0.359 e. The third kappa shape index (κ3) is 4.72. The molecule has 3 aromatic rings. The van der Waals surface area contributed by atoms with Gasteiger partial charge >= 0.3 is 0 Å². The smallest absolute Gasteiger partial charge is 0.257 e. The highest BCUT2D eigenvalue weighted by Gasteiger charge is 2.45. The molecule has 1 aliphatic rings. The predicted molar refractivity (Wildman–Crippen MR) is 129 cm³/mol. The molecule has 7 heteroatoms. The first kappa shape index (κ1) is 22.5. The highest BCUT2D eigenvalue weighted by Crippen LogP contribution is 2.36. The van der Waals surface area contributed by atoms with Crippen molar-refractivity contribution in [1.82, 2.24) is 20.2 Å². The lowest BCUT2D eigenvalue weighted by Crippen LogP contribution is -2.44. The van der Waals surface area contributed by atoms with Crippen LogP contribution in [0.25, 0.3) is 11.1 Å². The molecule has 0 saturated carbocycles. The summed E-state index contributed by atoms with van der Waals surface area (Å²) in [6.45, 7) is 0.872. The van der Waals surface area contributed by atoms with Gasteiger partial charge < -0.3 is 15.1 Å². The lowest BCUT2D eigenvalue weighted by molar-refractivity contribution is -0.129. The number of hydrogen-bond donors (Lipinski definition) is 1. The second-order valence-corrected chi connectivity index (χ2v) is 8.75. The highest BCUT2D eigenvalue weighted by molar-refractivity contribution is 5.95. The van der Waals surface area contributed by atoms with E-state index in [2.05, 4.69) is 45.6 Å². The maximum absolute atomic E-state index is 13.1. The first-order valence-corrected chi connectivity index (χ1v) is 11.1. The standard InChI is InChI=1S/C26H29N5O2/c1-27-24(33)26(15-19-8-7-11-21(14-19)20-9-5-4-6-10-20)12-13-31(18-26)23(32)22-16-28-25(29-17-22)30(2)3/h4-11,14,16-17H,12-13,15,18H2,1-3H3,(H,27,33). The molecule has 1 saturated heterocycles. The van der Waals surface area contributed by atoms with Gasteiger partial charge in [0.1, 0.15) is 0 Å². The molecular weight excluding hydrogens is 414 g/mol. The van der Waals surface area contributed by atoms with E-state index in [1.807, 2.05) is 38.4 Å². The number of likely N-dealkylation sites (tertiary alicyclic amines) is 1. The van der Waals surface area contributed by atoms with Crippen LogP contribution in [0.3, 0.4) is 0 Å². The zero-order valence-corrected chi connectivity index (χ0v) is 19.3. The zero-order chi connectivity index (χ0) is 23.4. The van der Waals surface area contributed by atoms with Crippen LogP contribution >= 0.6 is 0 Å². The summed E-state index contributed by atoms with van der Waals surface area (Å²) in [5.74, 6) is 0.359. The van der Waals surface area contributed by atoms with Gasteiger partial charge in [0.15, 0.2) is 0 Å². The third-order valence-electron chi connectivity index (χ3n) is 6.21. The molecule has 1 atom stereocenters. The molecule has 0 radical (unpaired) electrons. The van der Waals surface area contributed by atoms with Crippen molar-refractivity contribution in [2.75, 3.05) is 39.1 Å². The molecule has 1 fully saturated rings. The van der Waals surface area contributed by atoms with Gasteiger partial charge in [-0.1, -0.05) is 54.6 Å². The van der Waals surface area contributed by atoms with E-state index < -0.39 is 5.41 Å². The Morgan fingerprint density at radius 2 is 1.73 bits per heavy atom. The number of amides is 2. The molecule has 1 aromatic heterocycles. The molecule has 33 heavy (non-hydrogen) atoms. The maximum atomic E-state index is 13.1. The molecule has 0 aliphatic carbocycles. The van der Waals surface area contributed by atoms with Gasteiger partial charge in [0.2, 0.25) is 11.9 Å². The fourth-order valence-corrected chi connectivity index (χ4v) is 4.45. The number of nitrogens with one attached hydrogen (secondary N) is 1. The van der Waals surface area contributed by atoms with Gasteiger partial charge in [-0.05, 0) is 29.5 Å². The van der Waals surface area contributed by atoms with Crippen molar-refractivity contribution in [3.8, 4) is 11.1 Å². The molecule has 2 heterocycles. The average Bonchev–Trinajstić information content (AvgIpc) is 3.29. The van der Waals surface area contributed by atoms with Gasteiger partial charge in [0, 0.05) is 46.6 Å². The normalized spacial score (nSPS) is 17.6. The van der Waals surface area contributed by atoms with Crippen molar-refractivity contribution in [2.45, 2.75) is 12.8 Å². The summed E-state index contributed by atoms with van der Waals surface area (Å²) in [6, 6.07) is 18.5. The van der Waals surface area contributed by atoms with Crippen molar-refractivity contribution in [3.63, 3.8) is 0 Å². The van der Waals surface area contributed by atoms with E-state index in [0.717, 1.165) is 16.7 Å². The minimum absolute atomic E-state index is 0.0397. The Hall–Kier alpha value is -3.74. The van der Waals surface area contributed by atoms with E-state index in [0.29, 0.717) is 37.4 Å².